The molecule has 0 aliphatic rings. The molecule has 3 rings (SSSR count). The lowest BCUT2D eigenvalue weighted by atomic mass is 10.2. The standard InChI is InChI=1S/C21H21FN4O3/c1-29-14-2-13-25(15-16-9-11-23-12-10-16)21(28)19-7-8-20(27)26(24-19)18-5-3-17(22)4-6-18/h3-12H,2,13-15H2,1H3. The smallest absolute Gasteiger partial charge is 0.274 e. The van der Waals surface area contributed by atoms with Gasteiger partial charge < -0.3 is 9.64 Å². The Morgan fingerprint density at radius 3 is 2.52 bits per heavy atom. The number of carbonyl (C=O) groups is 1. The maximum atomic E-state index is 13.2. The van der Waals surface area contributed by atoms with Crippen LogP contribution < -0.4 is 5.56 Å². The molecule has 2 aromatic heterocycles. The summed E-state index contributed by atoms with van der Waals surface area (Å²) in [6.45, 7) is 1.36. The second-order valence-corrected chi connectivity index (χ2v) is 6.37. The zero-order valence-corrected chi connectivity index (χ0v) is 16.0. The van der Waals surface area contributed by atoms with E-state index >= 15 is 0 Å². The van der Waals surface area contributed by atoms with Crippen LogP contribution >= 0.6 is 0 Å². The molecule has 1 amide bonds. The monoisotopic (exact) mass is 396 g/mol. The SMILES string of the molecule is COCCCN(Cc1ccncc1)C(=O)c1ccc(=O)n(-c2ccc(F)cc2)n1. The van der Waals surface area contributed by atoms with Gasteiger partial charge in [-0.15, -0.1) is 0 Å². The van der Waals surface area contributed by atoms with Crippen molar-refractivity contribution in [3.63, 3.8) is 0 Å². The molecule has 0 radical (unpaired) electrons. The summed E-state index contributed by atoms with van der Waals surface area (Å²) in [5.74, 6) is -0.732. The van der Waals surface area contributed by atoms with Crippen LogP contribution in [0.1, 0.15) is 22.5 Å². The third-order valence-corrected chi connectivity index (χ3v) is 4.28. The molecule has 7 nitrogen and oxygen atoms in total. The number of ether oxygens (including phenoxy) is 1. The zero-order chi connectivity index (χ0) is 20.6. The van der Waals surface area contributed by atoms with E-state index in [2.05, 4.69) is 10.1 Å². The maximum absolute atomic E-state index is 13.2. The minimum Gasteiger partial charge on any atom is -0.385 e. The van der Waals surface area contributed by atoms with E-state index in [4.69, 9.17) is 4.74 Å². The highest BCUT2D eigenvalue weighted by atomic mass is 19.1. The van der Waals surface area contributed by atoms with Crippen molar-refractivity contribution in [1.29, 1.82) is 0 Å². The number of nitrogens with zero attached hydrogens (tertiary/aromatic N) is 4. The van der Waals surface area contributed by atoms with E-state index in [1.165, 1.54) is 36.4 Å². The Hall–Kier alpha value is -3.39. The fourth-order valence-electron chi connectivity index (χ4n) is 2.82. The van der Waals surface area contributed by atoms with E-state index < -0.39 is 11.4 Å². The average Bonchev–Trinajstić information content (AvgIpc) is 2.74. The lowest BCUT2D eigenvalue weighted by Crippen LogP contribution is -2.34. The predicted octanol–water partition coefficient (Wildman–Crippen LogP) is 2.45. The van der Waals surface area contributed by atoms with Crippen molar-refractivity contribution in [2.24, 2.45) is 0 Å². The topological polar surface area (TPSA) is 77.3 Å². The first-order chi connectivity index (χ1) is 14.1. The number of aromatic nitrogens is 3. The minimum atomic E-state index is -0.421. The van der Waals surface area contributed by atoms with Gasteiger partial charge in [0.2, 0.25) is 0 Å². The fraction of sp³-hybridized carbons (Fsp3) is 0.238. The Morgan fingerprint density at radius 1 is 1.10 bits per heavy atom. The molecule has 0 N–H and O–H groups in total. The lowest BCUT2D eigenvalue weighted by molar-refractivity contribution is 0.0715. The Balaban J connectivity index is 1.89. The third-order valence-electron chi connectivity index (χ3n) is 4.28. The van der Waals surface area contributed by atoms with Gasteiger partial charge in [0.1, 0.15) is 11.5 Å². The number of hydrogen-bond donors (Lipinski definition) is 0. The van der Waals surface area contributed by atoms with Crippen LogP contribution in [0.4, 0.5) is 4.39 Å². The molecule has 0 saturated carbocycles. The first kappa shape index (κ1) is 20.3. The molecule has 3 aromatic rings. The van der Waals surface area contributed by atoms with Crippen molar-refractivity contribution < 1.29 is 13.9 Å². The van der Waals surface area contributed by atoms with Crippen molar-refractivity contribution in [2.45, 2.75) is 13.0 Å². The predicted molar refractivity (Wildman–Crippen MR) is 105 cm³/mol. The van der Waals surface area contributed by atoms with E-state index in [0.29, 0.717) is 31.8 Å². The van der Waals surface area contributed by atoms with Crippen LogP contribution in [0.2, 0.25) is 0 Å². The molecule has 0 atom stereocenters. The van der Waals surface area contributed by atoms with Gasteiger partial charge in [-0.3, -0.25) is 14.6 Å². The number of benzene rings is 1. The zero-order valence-electron chi connectivity index (χ0n) is 16.0. The third kappa shape index (κ3) is 5.32. The number of halogens is 1. The van der Waals surface area contributed by atoms with Gasteiger partial charge in [0.15, 0.2) is 0 Å². The molecule has 0 bridgehead atoms. The molecule has 150 valence electrons. The Labute approximate surface area is 167 Å². The van der Waals surface area contributed by atoms with Gasteiger partial charge in [-0.25, -0.2) is 4.39 Å². The number of rotatable bonds is 8. The van der Waals surface area contributed by atoms with Gasteiger partial charge in [-0.1, -0.05) is 0 Å². The normalized spacial score (nSPS) is 10.7. The number of carbonyl (C=O) groups excluding carboxylic acids is 1. The van der Waals surface area contributed by atoms with E-state index in [1.54, 1.807) is 24.4 Å². The number of amides is 1. The van der Waals surface area contributed by atoms with Crippen LogP contribution in [-0.4, -0.2) is 45.8 Å². The maximum Gasteiger partial charge on any atom is 0.274 e. The highest BCUT2D eigenvalue weighted by Crippen LogP contribution is 2.10. The van der Waals surface area contributed by atoms with Crippen LogP contribution in [0.3, 0.4) is 0 Å². The summed E-state index contributed by atoms with van der Waals surface area (Å²) < 4.78 is 19.4. The first-order valence-corrected chi connectivity index (χ1v) is 9.12. The Bertz CT molecular complexity index is 1010. The fourth-order valence-corrected chi connectivity index (χ4v) is 2.82. The summed E-state index contributed by atoms with van der Waals surface area (Å²) in [6, 6.07) is 11.7. The summed E-state index contributed by atoms with van der Waals surface area (Å²) in [6.07, 6.45) is 3.99. The number of methoxy groups -OCH3 is 1. The minimum absolute atomic E-state index is 0.125. The Kier molecular flexibility index (Phi) is 6.80. The molecule has 29 heavy (non-hydrogen) atoms. The summed E-state index contributed by atoms with van der Waals surface area (Å²) >= 11 is 0. The van der Waals surface area contributed by atoms with Gasteiger partial charge in [0.05, 0.1) is 5.69 Å². The van der Waals surface area contributed by atoms with Crippen molar-refractivity contribution in [3.8, 4) is 5.69 Å². The molecule has 2 heterocycles. The molecule has 0 unspecified atom stereocenters. The summed E-state index contributed by atoms with van der Waals surface area (Å²) in [5, 5.41) is 4.21. The summed E-state index contributed by atoms with van der Waals surface area (Å²) in [4.78, 5) is 31.0. The van der Waals surface area contributed by atoms with Crippen LogP contribution in [0.25, 0.3) is 5.69 Å². The second-order valence-electron chi connectivity index (χ2n) is 6.37. The van der Waals surface area contributed by atoms with Gasteiger partial charge in [0.25, 0.3) is 11.5 Å². The van der Waals surface area contributed by atoms with Crippen LogP contribution in [0.5, 0.6) is 0 Å². The quantitative estimate of drug-likeness (QED) is 0.547. The van der Waals surface area contributed by atoms with Crippen molar-refractivity contribution in [3.05, 3.63) is 88.4 Å². The van der Waals surface area contributed by atoms with Crippen LogP contribution in [-0.2, 0) is 11.3 Å². The molecule has 8 heteroatoms. The Morgan fingerprint density at radius 2 is 1.83 bits per heavy atom. The molecular weight excluding hydrogens is 375 g/mol. The molecule has 0 aliphatic carbocycles. The van der Waals surface area contributed by atoms with Crippen molar-refractivity contribution in [1.82, 2.24) is 19.7 Å². The molecular formula is C21H21FN4O3. The van der Waals surface area contributed by atoms with Gasteiger partial charge in [0, 0.05) is 45.3 Å². The molecule has 1 aromatic carbocycles. The largest absolute Gasteiger partial charge is 0.385 e. The highest BCUT2D eigenvalue weighted by molar-refractivity contribution is 5.92. The van der Waals surface area contributed by atoms with Crippen molar-refractivity contribution in [2.75, 3.05) is 20.3 Å². The highest BCUT2D eigenvalue weighted by Gasteiger charge is 2.19. The molecule has 0 fully saturated rings. The average molecular weight is 396 g/mol. The molecule has 0 saturated heterocycles. The van der Waals surface area contributed by atoms with Gasteiger partial charge >= 0.3 is 0 Å². The number of pyridine rings is 1. The van der Waals surface area contributed by atoms with E-state index in [0.717, 1.165) is 10.2 Å². The van der Waals surface area contributed by atoms with E-state index in [-0.39, 0.29) is 11.6 Å². The van der Waals surface area contributed by atoms with E-state index in [1.807, 2.05) is 12.1 Å². The lowest BCUT2D eigenvalue weighted by Gasteiger charge is -2.22. The van der Waals surface area contributed by atoms with Gasteiger partial charge in [-0.2, -0.15) is 9.78 Å². The molecule has 0 spiro atoms. The van der Waals surface area contributed by atoms with Crippen molar-refractivity contribution >= 4 is 5.91 Å². The van der Waals surface area contributed by atoms with Gasteiger partial charge in [-0.05, 0) is 54.4 Å². The summed E-state index contributed by atoms with van der Waals surface area (Å²) in [7, 11) is 1.61. The summed E-state index contributed by atoms with van der Waals surface area (Å²) in [5.41, 5.74) is 1.03. The van der Waals surface area contributed by atoms with E-state index in [9.17, 15) is 14.0 Å². The van der Waals surface area contributed by atoms with Crippen LogP contribution in [0.15, 0.2) is 65.7 Å². The first-order valence-electron chi connectivity index (χ1n) is 9.12. The van der Waals surface area contributed by atoms with Crippen LogP contribution in [0, 0.1) is 5.82 Å². The second kappa shape index (κ2) is 9.70. The number of hydrogen-bond acceptors (Lipinski definition) is 5. The molecule has 0 aliphatic heterocycles.